The molecule has 1 fully saturated rings. The van der Waals surface area contributed by atoms with Crippen molar-refractivity contribution in [2.24, 2.45) is 0 Å². The van der Waals surface area contributed by atoms with Crippen molar-refractivity contribution in [1.29, 1.82) is 0 Å². The highest BCUT2D eigenvalue weighted by Gasteiger charge is 2.41. The molecule has 0 spiro atoms. The van der Waals surface area contributed by atoms with Crippen LogP contribution < -0.4 is 10.1 Å². The van der Waals surface area contributed by atoms with Crippen LogP contribution in [0.3, 0.4) is 0 Å². The van der Waals surface area contributed by atoms with Gasteiger partial charge in [-0.05, 0) is 85.6 Å². The molecular formula is C30H32N4OS. The van der Waals surface area contributed by atoms with E-state index in [1.54, 1.807) is 7.11 Å². The molecule has 0 aliphatic carbocycles. The average molecular weight is 497 g/mol. The zero-order valence-corrected chi connectivity index (χ0v) is 22.0. The number of para-hydroxylation sites is 1. The lowest BCUT2D eigenvalue weighted by Gasteiger charge is -2.28. The van der Waals surface area contributed by atoms with Crippen molar-refractivity contribution >= 4 is 17.3 Å². The van der Waals surface area contributed by atoms with Crippen LogP contribution >= 0.6 is 12.2 Å². The normalized spacial score (nSPS) is 17.3. The molecule has 2 aromatic heterocycles. The first kappa shape index (κ1) is 24.1. The highest BCUT2D eigenvalue weighted by molar-refractivity contribution is 7.80. The first-order chi connectivity index (χ1) is 17.5. The van der Waals surface area contributed by atoms with Gasteiger partial charge in [-0.15, -0.1) is 0 Å². The minimum atomic E-state index is -0.0488. The lowest BCUT2D eigenvalue weighted by Crippen LogP contribution is -2.29. The zero-order valence-electron chi connectivity index (χ0n) is 21.2. The first-order valence-corrected chi connectivity index (χ1v) is 12.8. The number of aryl methyl sites for hydroxylation is 2. The highest BCUT2D eigenvalue weighted by atomic mass is 32.1. The molecule has 0 unspecified atom stereocenters. The number of hydrogen-bond acceptors (Lipinski definition) is 3. The van der Waals surface area contributed by atoms with Gasteiger partial charge in [-0.25, -0.2) is 0 Å². The standard InChI is InChI=1S/C30H32N4OS/c1-5-23-10-6-7-12-27(23)34-20(2)18-25(21(34)3)29-28(26-11-8-9-17-31-26)32-30(36)33(29)19-22-13-15-24(35-4)16-14-22/h6-18,28-29H,5,19H2,1-4H3,(H,32,36)/t28-,29-/m1/s1. The van der Waals surface area contributed by atoms with Gasteiger partial charge in [-0.1, -0.05) is 43.3 Å². The van der Waals surface area contributed by atoms with Gasteiger partial charge in [0.2, 0.25) is 0 Å². The number of thiocarbonyl (C=S) groups is 1. The van der Waals surface area contributed by atoms with E-state index in [1.165, 1.54) is 33.8 Å². The summed E-state index contributed by atoms with van der Waals surface area (Å²) in [7, 11) is 1.69. The molecule has 36 heavy (non-hydrogen) atoms. The van der Waals surface area contributed by atoms with E-state index >= 15 is 0 Å². The zero-order chi connectivity index (χ0) is 25.2. The second-order valence-electron chi connectivity index (χ2n) is 9.25. The second-order valence-corrected chi connectivity index (χ2v) is 9.63. The fourth-order valence-corrected chi connectivity index (χ4v) is 5.63. The van der Waals surface area contributed by atoms with Gasteiger partial charge in [-0.3, -0.25) is 4.98 Å². The molecular weight excluding hydrogens is 464 g/mol. The van der Waals surface area contributed by atoms with Gasteiger partial charge in [0.25, 0.3) is 0 Å². The lowest BCUT2D eigenvalue weighted by molar-refractivity contribution is 0.310. The Bertz CT molecular complexity index is 1360. The summed E-state index contributed by atoms with van der Waals surface area (Å²) in [6.07, 6.45) is 2.84. The SMILES string of the molecule is CCc1ccccc1-n1c(C)cc([C@@H]2[C@@H](c3ccccn3)NC(=S)N2Cc2ccc(OC)cc2)c1C. The Morgan fingerprint density at radius 1 is 1.00 bits per heavy atom. The van der Waals surface area contributed by atoms with E-state index < -0.39 is 0 Å². The summed E-state index contributed by atoms with van der Waals surface area (Å²) in [6, 6.07) is 25.2. The number of rotatable bonds is 7. The van der Waals surface area contributed by atoms with Crippen molar-refractivity contribution in [2.75, 3.05) is 7.11 Å². The van der Waals surface area contributed by atoms with Crippen LogP contribution in [0.4, 0.5) is 0 Å². The number of nitrogens with zero attached hydrogens (tertiary/aromatic N) is 3. The van der Waals surface area contributed by atoms with E-state index in [0.717, 1.165) is 23.0 Å². The lowest BCUT2D eigenvalue weighted by atomic mass is 9.96. The molecule has 0 saturated carbocycles. The summed E-state index contributed by atoms with van der Waals surface area (Å²) in [5.74, 6) is 0.849. The van der Waals surface area contributed by atoms with E-state index in [2.05, 4.69) is 84.1 Å². The van der Waals surface area contributed by atoms with Crippen LogP contribution in [0.1, 0.15) is 52.8 Å². The van der Waals surface area contributed by atoms with Crippen LogP contribution in [0.5, 0.6) is 5.75 Å². The van der Waals surface area contributed by atoms with Crippen molar-refractivity contribution < 1.29 is 4.74 Å². The predicted octanol–water partition coefficient (Wildman–Crippen LogP) is 6.23. The average Bonchev–Trinajstić information content (AvgIpc) is 3.39. The number of hydrogen-bond donors (Lipinski definition) is 1. The van der Waals surface area contributed by atoms with Crippen LogP contribution in [0.25, 0.3) is 5.69 Å². The molecule has 5 rings (SSSR count). The van der Waals surface area contributed by atoms with Crippen molar-refractivity contribution in [3.63, 3.8) is 0 Å². The number of nitrogens with one attached hydrogen (secondary N) is 1. The second kappa shape index (κ2) is 10.2. The maximum Gasteiger partial charge on any atom is 0.170 e. The highest BCUT2D eigenvalue weighted by Crippen LogP contribution is 2.42. The van der Waals surface area contributed by atoms with Gasteiger partial charge in [0, 0.05) is 29.8 Å². The van der Waals surface area contributed by atoms with Crippen LogP contribution in [-0.2, 0) is 13.0 Å². The van der Waals surface area contributed by atoms with Crippen molar-refractivity contribution in [3.8, 4) is 11.4 Å². The molecule has 6 heteroatoms. The summed E-state index contributed by atoms with van der Waals surface area (Å²) in [5.41, 5.74) is 8.44. The minimum absolute atomic E-state index is 0.00300. The summed E-state index contributed by atoms with van der Waals surface area (Å²) < 4.78 is 7.74. The third-order valence-corrected chi connectivity index (χ3v) is 7.46. The molecule has 4 aromatic rings. The van der Waals surface area contributed by atoms with Gasteiger partial charge in [0.05, 0.1) is 24.9 Å². The summed E-state index contributed by atoms with van der Waals surface area (Å²) >= 11 is 5.91. The predicted molar refractivity (Wildman–Crippen MR) is 149 cm³/mol. The largest absolute Gasteiger partial charge is 0.497 e. The van der Waals surface area contributed by atoms with E-state index in [0.29, 0.717) is 6.54 Å². The van der Waals surface area contributed by atoms with Gasteiger partial charge >= 0.3 is 0 Å². The van der Waals surface area contributed by atoms with Crippen LogP contribution in [0.15, 0.2) is 79.0 Å². The molecule has 184 valence electrons. The van der Waals surface area contributed by atoms with Gasteiger partial charge in [-0.2, -0.15) is 0 Å². The van der Waals surface area contributed by atoms with Crippen molar-refractivity contribution in [3.05, 3.63) is 113 Å². The van der Waals surface area contributed by atoms with Gasteiger partial charge in [0.1, 0.15) is 5.75 Å². The molecule has 2 aromatic carbocycles. The number of ether oxygens (including phenoxy) is 1. The maximum atomic E-state index is 5.91. The maximum absolute atomic E-state index is 5.91. The van der Waals surface area contributed by atoms with Gasteiger partial charge in [0.15, 0.2) is 5.11 Å². The summed E-state index contributed by atoms with van der Waals surface area (Å²) in [4.78, 5) is 7.01. The van der Waals surface area contributed by atoms with Crippen molar-refractivity contribution in [2.45, 2.75) is 45.8 Å². The fraction of sp³-hybridized carbons (Fsp3) is 0.267. The van der Waals surface area contributed by atoms with E-state index in [9.17, 15) is 0 Å². The van der Waals surface area contributed by atoms with Crippen LogP contribution in [0, 0.1) is 13.8 Å². The Morgan fingerprint density at radius 3 is 2.44 bits per heavy atom. The third-order valence-electron chi connectivity index (χ3n) is 7.11. The van der Waals surface area contributed by atoms with E-state index in [-0.39, 0.29) is 12.1 Å². The topological polar surface area (TPSA) is 42.3 Å². The Labute approximate surface area is 218 Å². The fourth-order valence-electron chi connectivity index (χ4n) is 5.33. The van der Waals surface area contributed by atoms with Crippen LogP contribution in [-0.4, -0.2) is 26.7 Å². The molecule has 0 radical (unpaired) electrons. The summed E-state index contributed by atoms with van der Waals surface area (Å²) in [6.45, 7) is 7.31. The Hall–Kier alpha value is -3.64. The molecule has 0 amide bonds. The minimum Gasteiger partial charge on any atom is -0.497 e. The smallest absolute Gasteiger partial charge is 0.170 e. The molecule has 1 aliphatic heterocycles. The number of aromatic nitrogens is 2. The molecule has 1 N–H and O–H groups in total. The first-order valence-electron chi connectivity index (χ1n) is 12.4. The third kappa shape index (κ3) is 4.37. The monoisotopic (exact) mass is 496 g/mol. The van der Waals surface area contributed by atoms with Gasteiger partial charge < -0.3 is 19.5 Å². The molecule has 5 nitrogen and oxygen atoms in total. The van der Waals surface area contributed by atoms with Crippen LogP contribution in [0.2, 0.25) is 0 Å². The quantitative estimate of drug-likeness (QED) is 0.307. The molecule has 0 bridgehead atoms. The Morgan fingerprint density at radius 2 is 1.75 bits per heavy atom. The molecule has 3 heterocycles. The Kier molecular flexibility index (Phi) is 6.79. The Balaban J connectivity index is 1.61. The molecule has 2 atom stereocenters. The summed E-state index contributed by atoms with van der Waals surface area (Å²) in [5, 5.41) is 4.33. The molecule has 1 saturated heterocycles. The number of benzene rings is 2. The van der Waals surface area contributed by atoms with E-state index in [4.69, 9.17) is 21.9 Å². The molecule has 1 aliphatic rings. The van der Waals surface area contributed by atoms with Crippen molar-refractivity contribution in [1.82, 2.24) is 19.8 Å². The number of pyridine rings is 1. The van der Waals surface area contributed by atoms with E-state index in [1.807, 2.05) is 30.5 Å². The number of methoxy groups -OCH3 is 1.